The molecule has 0 fully saturated rings. The second kappa shape index (κ2) is 6.53. The van der Waals surface area contributed by atoms with E-state index in [4.69, 9.17) is 10.5 Å². The van der Waals surface area contributed by atoms with Crippen molar-refractivity contribution in [3.63, 3.8) is 0 Å². The van der Waals surface area contributed by atoms with Gasteiger partial charge in [0.25, 0.3) is 0 Å². The van der Waals surface area contributed by atoms with Crippen LogP contribution in [0.2, 0.25) is 0 Å². The summed E-state index contributed by atoms with van der Waals surface area (Å²) in [6.07, 6.45) is 5.02. The second-order valence-corrected chi connectivity index (χ2v) is 3.90. The van der Waals surface area contributed by atoms with E-state index in [1.807, 2.05) is 44.2 Å². The van der Waals surface area contributed by atoms with E-state index in [0.29, 0.717) is 6.61 Å². The Balaban J connectivity index is 2.56. The summed E-state index contributed by atoms with van der Waals surface area (Å²) < 4.78 is 5.51. The Bertz CT molecular complexity index is 426. The minimum atomic E-state index is -0.450. The molecule has 0 atom stereocenters. The zero-order valence-corrected chi connectivity index (χ0v) is 10.1. The first-order valence-electron chi connectivity index (χ1n) is 5.41. The van der Waals surface area contributed by atoms with Gasteiger partial charge in [0.05, 0.1) is 0 Å². The highest BCUT2D eigenvalue weighted by Gasteiger charge is 1.92. The third-order valence-electron chi connectivity index (χ3n) is 2.06. The molecule has 0 bridgehead atoms. The Morgan fingerprint density at radius 3 is 2.47 bits per heavy atom. The van der Waals surface area contributed by atoms with Crippen LogP contribution in [-0.4, -0.2) is 12.5 Å². The number of carbonyl (C=O) groups is 1. The summed E-state index contributed by atoms with van der Waals surface area (Å²) in [5.41, 5.74) is 7.15. The molecule has 1 aromatic rings. The molecule has 0 saturated heterocycles. The normalized spacial score (nSPS) is 10.2. The number of ether oxygens (including phenoxy) is 1. The number of hydrogen-bond donors (Lipinski definition) is 1. The third-order valence-corrected chi connectivity index (χ3v) is 2.06. The Hall–Kier alpha value is -2.03. The fraction of sp³-hybridized carbons (Fsp3) is 0.214. The Labute approximate surface area is 102 Å². The van der Waals surface area contributed by atoms with Gasteiger partial charge < -0.3 is 10.5 Å². The van der Waals surface area contributed by atoms with Crippen LogP contribution in [0, 0.1) is 0 Å². The standard InChI is InChI=1S/C14H17NO2/c1-11(2)9-10-17-13-6-3-12(4-7-13)5-8-14(15)16/h3-9H,10H2,1-2H3,(H2,15,16)/b8-5-. The zero-order valence-electron chi connectivity index (χ0n) is 10.1. The van der Waals surface area contributed by atoms with E-state index in [1.165, 1.54) is 11.6 Å². The molecule has 2 N–H and O–H groups in total. The van der Waals surface area contributed by atoms with Gasteiger partial charge in [-0.05, 0) is 43.7 Å². The van der Waals surface area contributed by atoms with Crippen LogP contribution in [0.3, 0.4) is 0 Å². The summed E-state index contributed by atoms with van der Waals surface area (Å²) in [4.78, 5) is 10.5. The topological polar surface area (TPSA) is 52.3 Å². The van der Waals surface area contributed by atoms with Gasteiger partial charge in [0, 0.05) is 6.08 Å². The molecule has 0 unspecified atom stereocenters. The molecule has 1 aromatic carbocycles. The number of benzene rings is 1. The van der Waals surface area contributed by atoms with Gasteiger partial charge in [-0.15, -0.1) is 0 Å². The lowest BCUT2D eigenvalue weighted by atomic mass is 10.2. The maximum atomic E-state index is 10.5. The van der Waals surface area contributed by atoms with Gasteiger partial charge >= 0.3 is 0 Å². The van der Waals surface area contributed by atoms with E-state index in [-0.39, 0.29) is 0 Å². The fourth-order valence-corrected chi connectivity index (χ4v) is 1.16. The van der Waals surface area contributed by atoms with E-state index >= 15 is 0 Å². The molecule has 3 heteroatoms. The third kappa shape index (κ3) is 5.56. The summed E-state index contributed by atoms with van der Waals surface area (Å²) in [5, 5.41) is 0. The second-order valence-electron chi connectivity index (χ2n) is 3.90. The van der Waals surface area contributed by atoms with Crippen LogP contribution in [0.4, 0.5) is 0 Å². The van der Waals surface area contributed by atoms with E-state index < -0.39 is 5.91 Å². The average Bonchev–Trinajstić information content (AvgIpc) is 2.27. The molecule has 0 spiro atoms. The molecule has 0 radical (unpaired) electrons. The van der Waals surface area contributed by atoms with Gasteiger partial charge in [0.15, 0.2) is 0 Å². The monoisotopic (exact) mass is 231 g/mol. The molecular formula is C14H17NO2. The van der Waals surface area contributed by atoms with Gasteiger partial charge in [0.1, 0.15) is 12.4 Å². The molecule has 0 saturated carbocycles. The number of primary amides is 1. The van der Waals surface area contributed by atoms with Crippen molar-refractivity contribution in [2.75, 3.05) is 6.61 Å². The van der Waals surface area contributed by atoms with E-state index in [0.717, 1.165) is 11.3 Å². The van der Waals surface area contributed by atoms with Crippen molar-refractivity contribution in [3.8, 4) is 5.75 Å². The summed E-state index contributed by atoms with van der Waals surface area (Å²) in [7, 11) is 0. The van der Waals surface area contributed by atoms with Crippen molar-refractivity contribution in [1.29, 1.82) is 0 Å². The van der Waals surface area contributed by atoms with Crippen molar-refractivity contribution in [3.05, 3.63) is 47.6 Å². The van der Waals surface area contributed by atoms with Crippen molar-refractivity contribution in [1.82, 2.24) is 0 Å². The van der Waals surface area contributed by atoms with Gasteiger partial charge in [-0.3, -0.25) is 4.79 Å². The van der Waals surface area contributed by atoms with E-state index in [9.17, 15) is 4.79 Å². The largest absolute Gasteiger partial charge is 0.490 e. The molecule has 1 amide bonds. The summed E-state index contributed by atoms with van der Waals surface area (Å²) in [5.74, 6) is 0.354. The lowest BCUT2D eigenvalue weighted by molar-refractivity contribution is -0.113. The molecule has 1 rings (SSSR count). The maximum absolute atomic E-state index is 10.5. The molecule has 3 nitrogen and oxygen atoms in total. The van der Waals surface area contributed by atoms with Crippen molar-refractivity contribution in [2.45, 2.75) is 13.8 Å². The molecule has 0 aromatic heterocycles. The van der Waals surface area contributed by atoms with E-state index in [1.54, 1.807) is 6.08 Å². The number of nitrogens with two attached hydrogens (primary N) is 1. The minimum absolute atomic E-state index is 0.450. The Kier molecular flexibility index (Phi) is 5.01. The fourth-order valence-electron chi connectivity index (χ4n) is 1.16. The molecule has 0 aliphatic carbocycles. The van der Waals surface area contributed by atoms with Crippen molar-refractivity contribution >= 4 is 12.0 Å². The first-order valence-corrected chi connectivity index (χ1v) is 5.41. The zero-order chi connectivity index (χ0) is 12.7. The smallest absolute Gasteiger partial charge is 0.241 e. The van der Waals surface area contributed by atoms with Crippen LogP contribution < -0.4 is 10.5 Å². The molecule has 0 heterocycles. The van der Waals surface area contributed by atoms with Gasteiger partial charge in [-0.1, -0.05) is 17.7 Å². The van der Waals surface area contributed by atoms with Crippen LogP contribution in [0.1, 0.15) is 19.4 Å². The predicted octanol–water partition coefficient (Wildman–Crippen LogP) is 2.53. The minimum Gasteiger partial charge on any atom is -0.490 e. The summed E-state index contributed by atoms with van der Waals surface area (Å²) in [6.45, 7) is 4.63. The van der Waals surface area contributed by atoms with Crippen molar-refractivity contribution in [2.24, 2.45) is 5.73 Å². The Morgan fingerprint density at radius 2 is 1.94 bits per heavy atom. The van der Waals surface area contributed by atoms with Crippen LogP contribution in [0.25, 0.3) is 6.08 Å². The quantitative estimate of drug-likeness (QED) is 0.625. The summed E-state index contributed by atoms with van der Waals surface area (Å²) in [6, 6.07) is 7.47. The number of carbonyl (C=O) groups excluding carboxylic acids is 1. The van der Waals surface area contributed by atoms with Crippen LogP contribution in [0.5, 0.6) is 5.75 Å². The molecule has 90 valence electrons. The average molecular weight is 231 g/mol. The SMILES string of the molecule is CC(C)=CCOc1ccc(/C=C\C(N)=O)cc1. The first kappa shape index (κ1) is 13.0. The van der Waals surface area contributed by atoms with Crippen LogP contribution in [-0.2, 0) is 4.79 Å². The predicted molar refractivity (Wildman–Crippen MR) is 69.6 cm³/mol. The van der Waals surface area contributed by atoms with Gasteiger partial charge in [-0.2, -0.15) is 0 Å². The lowest BCUT2D eigenvalue weighted by Gasteiger charge is -2.03. The summed E-state index contributed by atoms with van der Waals surface area (Å²) >= 11 is 0. The van der Waals surface area contributed by atoms with Gasteiger partial charge in [-0.25, -0.2) is 0 Å². The number of allylic oxidation sites excluding steroid dienone is 1. The van der Waals surface area contributed by atoms with Crippen LogP contribution in [0.15, 0.2) is 42.0 Å². The lowest BCUT2D eigenvalue weighted by Crippen LogP contribution is -2.05. The number of hydrogen-bond acceptors (Lipinski definition) is 2. The Morgan fingerprint density at radius 1 is 1.29 bits per heavy atom. The number of rotatable bonds is 5. The molecule has 0 aliphatic rings. The number of amides is 1. The highest BCUT2D eigenvalue weighted by Crippen LogP contribution is 2.13. The maximum Gasteiger partial charge on any atom is 0.241 e. The van der Waals surface area contributed by atoms with E-state index in [2.05, 4.69) is 0 Å². The van der Waals surface area contributed by atoms with Gasteiger partial charge in [0.2, 0.25) is 5.91 Å². The van der Waals surface area contributed by atoms with Crippen LogP contribution >= 0.6 is 0 Å². The highest BCUT2D eigenvalue weighted by atomic mass is 16.5. The molecule has 17 heavy (non-hydrogen) atoms. The molecular weight excluding hydrogens is 214 g/mol. The molecule has 0 aliphatic heterocycles. The highest BCUT2D eigenvalue weighted by molar-refractivity contribution is 5.90. The van der Waals surface area contributed by atoms with Crippen molar-refractivity contribution < 1.29 is 9.53 Å². The first-order chi connectivity index (χ1) is 8.08.